The molecule has 0 aliphatic carbocycles. The standard InChI is InChI=1S/C26H36ClN3O3/c1-26(2,3)32-18-23(31)16-30(15-19-7-6-8-21(27)13-19)17-24-14-25(28-33-24)20-9-11-22(12-10-20)29(4)5/h6-13,23-24,31H,14-18H2,1-5H3. The van der Waals surface area contributed by atoms with Crippen LogP contribution in [-0.2, 0) is 16.1 Å². The zero-order chi connectivity index (χ0) is 24.0. The van der Waals surface area contributed by atoms with Crippen molar-refractivity contribution in [2.45, 2.75) is 51.5 Å². The Morgan fingerprint density at radius 2 is 1.91 bits per heavy atom. The number of ether oxygens (including phenoxy) is 1. The summed E-state index contributed by atoms with van der Waals surface area (Å²) in [6.45, 7) is 8.00. The zero-order valence-electron chi connectivity index (χ0n) is 20.3. The molecule has 1 heterocycles. The second-order valence-corrected chi connectivity index (χ2v) is 10.2. The van der Waals surface area contributed by atoms with Crippen molar-refractivity contribution in [2.75, 3.05) is 38.7 Å². The van der Waals surface area contributed by atoms with E-state index in [9.17, 15) is 5.11 Å². The maximum absolute atomic E-state index is 10.6. The third-order valence-electron chi connectivity index (χ3n) is 5.38. The van der Waals surface area contributed by atoms with Gasteiger partial charge in [0.2, 0.25) is 0 Å². The summed E-state index contributed by atoms with van der Waals surface area (Å²) in [6, 6.07) is 16.1. The van der Waals surface area contributed by atoms with Gasteiger partial charge in [0.15, 0.2) is 0 Å². The van der Waals surface area contributed by atoms with Crippen LogP contribution in [0.25, 0.3) is 0 Å². The molecule has 1 aliphatic rings. The van der Waals surface area contributed by atoms with Crippen LogP contribution in [0, 0.1) is 0 Å². The van der Waals surface area contributed by atoms with Gasteiger partial charge in [0.1, 0.15) is 6.10 Å². The van der Waals surface area contributed by atoms with Gasteiger partial charge in [-0.2, -0.15) is 0 Å². The molecule has 33 heavy (non-hydrogen) atoms. The van der Waals surface area contributed by atoms with Crippen LogP contribution >= 0.6 is 11.6 Å². The van der Waals surface area contributed by atoms with Crippen LogP contribution in [0.3, 0.4) is 0 Å². The van der Waals surface area contributed by atoms with E-state index >= 15 is 0 Å². The van der Waals surface area contributed by atoms with Crippen LogP contribution in [0.15, 0.2) is 53.7 Å². The largest absolute Gasteiger partial charge is 0.390 e. The minimum atomic E-state index is -0.608. The van der Waals surface area contributed by atoms with Crippen molar-refractivity contribution in [3.8, 4) is 0 Å². The van der Waals surface area contributed by atoms with Gasteiger partial charge < -0.3 is 19.6 Å². The molecule has 0 spiro atoms. The molecule has 180 valence electrons. The molecule has 0 saturated carbocycles. The summed E-state index contributed by atoms with van der Waals surface area (Å²) in [6.07, 6.45) is 0.0364. The number of hydrogen-bond donors (Lipinski definition) is 1. The Bertz CT molecular complexity index is 925. The molecule has 0 bridgehead atoms. The second-order valence-electron chi connectivity index (χ2n) is 9.81. The second kappa shape index (κ2) is 11.3. The lowest BCUT2D eigenvalue weighted by atomic mass is 10.0. The number of nitrogens with zero attached hydrogens (tertiary/aromatic N) is 3. The Labute approximate surface area is 202 Å². The van der Waals surface area contributed by atoms with Crippen LogP contribution < -0.4 is 4.90 Å². The van der Waals surface area contributed by atoms with Crippen LogP contribution in [0.5, 0.6) is 0 Å². The number of benzene rings is 2. The molecule has 2 atom stereocenters. The molecular formula is C26H36ClN3O3. The van der Waals surface area contributed by atoms with Gasteiger partial charge in [-0.3, -0.25) is 4.90 Å². The fraction of sp³-hybridized carbons (Fsp3) is 0.500. The van der Waals surface area contributed by atoms with E-state index in [4.69, 9.17) is 21.2 Å². The first-order valence-corrected chi connectivity index (χ1v) is 11.8. The molecule has 6 nitrogen and oxygen atoms in total. The average molecular weight is 474 g/mol. The molecule has 3 rings (SSSR count). The van der Waals surface area contributed by atoms with Gasteiger partial charge in [-0.25, -0.2) is 0 Å². The molecule has 0 fully saturated rings. The van der Waals surface area contributed by atoms with Crippen LogP contribution in [0.2, 0.25) is 5.02 Å². The van der Waals surface area contributed by atoms with E-state index < -0.39 is 6.10 Å². The summed E-state index contributed by atoms with van der Waals surface area (Å²) in [4.78, 5) is 10.0. The highest BCUT2D eigenvalue weighted by Crippen LogP contribution is 2.21. The van der Waals surface area contributed by atoms with Gasteiger partial charge in [0.05, 0.1) is 24.0 Å². The lowest BCUT2D eigenvalue weighted by Crippen LogP contribution is -2.40. The van der Waals surface area contributed by atoms with E-state index in [1.165, 1.54) is 0 Å². The van der Waals surface area contributed by atoms with Crippen molar-refractivity contribution in [3.63, 3.8) is 0 Å². The number of aliphatic hydroxyl groups excluding tert-OH is 1. The molecule has 0 amide bonds. The van der Waals surface area contributed by atoms with E-state index in [0.717, 1.165) is 28.9 Å². The quantitative estimate of drug-likeness (QED) is 0.547. The van der Waals surface area contributed by atoms with Crippen molar-refractivity contribution in [1.29, 1.82) is 0 Å². The monoisotopic (exact) mass is 473 g/mol. The number of rotatable bonds is 10. The van der Waals surface area contributed by atoms with E-state index in [2.05, 4.69) is 39.2 Å². The predicted octanol–water partition coefficient (Wildman–Crippen LogP) is 4.58. The topological polar surface area (TPSA) is 57.5 Å². The summed E-state index contributed by atoms with van der Waals surface area (Å²) in [5, 5.41) is 15.7. The van der Waals surface area contributed by atoms with E-state index in [-0.39, 0.29) is 18.3 Å². The highest BCUT2D eigenvalue weighted by Gasteiger charge is 2.26. The lowest BCUT2D eigenvalue weighted by Gasteiger charge is -2.28. The fourth-order valence-corrected chi connectivity index (χ4v) is 3.94. The molecule has 2 aromatic rings. The highest BCUT2D eigenvalue weighted by molar-refractivity contribution is 6.30. The van der Waals surface area contributed by atoms with Gasteiger partial charge in [-0.05, 0) is 56.2 Å². The number of hydrogen-bond acceptors (Lipinski definition) is 6. The number of anilines is 1. The van der Waals surface area contributed by atoms with Crippen molar-refractivity contribution in [2.24, 2.45) is 5.16 Å². The van der Waals surface area contributed by atoms with E-state index in [0.29, 0.717) is 24.7 Å². The first kappa shape index (κ1) is 25.5. The number of halogens is 1. The Balaban J connectivity index is 1.63. The van der Waals surface area contributed by atoms with Gasteiger partial charge >= 0.3 is 0 Å². The lowest BCUT2D eigenvalue weighted by molar-refractivity contribution is -0.0600. The predicted molar refractivity (Wildman–Crippen MR) is 135 cm³/mol. The van der Waals surface area contributed by atoms with Crippen LogP contribution in [0.1, 0.15) is 38.3 Å². The molecule has 0 aromatic heterocycles. The fourth-order valence-electron chi connectivity index (χ4n) is 3.73. The summed E-state index contributed by atoms with van der Waals surface area (Å²) in [5.74, 6) is 0. The maximum Gasteiger partial charge on any atom is 0.145 e. The van der Waals surface area contributed by atoms with Gasteiger partial charge in [-0.1, -0.05) is 41.0 Å². The summed E-state index contributed by atoms with van der Waals surface area (Å²) >= 11 is 6.19. The molecule has 0 saturated heterocycles. The first-order chi connectivity index (χ1) is 15.6. The van der Waals surface area contributed by atoms with Crippen molar-refractivity contribution in [1.82, 2.24) is 4.90 Å². The minimum Gasteiger partial charge on any atom is -0.390 e. The third kappa shape index (κ3) is 8.31. The molecule has 2 aromatic carbocycles. The van der Waals surface area contributed by atoms with Crippen LogP contribution in [-0.4, -0.2) is 67.3 Å². The summed E-state index contributed by atoms with van der Waals surface area (Å²) < 4.78 is 5.78. The SMILES string of the molecule is CN(C)c1ccc(C2=NOC(CN(Cc3cccc(Cl)c3)CC(O)COC(C)(C)C)C2)cc1. The van der Waals surface area contributed by atoms with Gasteiger partial charge in [-0.15, -0.1) is 0 Å². The van der Waals surface area contributed by atoms with Crippen LogP contribution in [0.4, 0.5) is 5.69 Å². The molecule has 2 unspecified atom stereocenters. The Hall–Kier alpha value is -2.12. The first-order valence-electron chi connectivity index (χ1n) is 11.4. The Kier molecular flexibility index (Phi) is 8.76. The minimum absolute atomic E-state index is 0.0801. The normalized spacial score (nSPS) is 17.1. The highest BCUT2D eigenvalue weighted by atomic mass is 35.5. The Morgan fingerprint density at radius 3 is 2.55 bits per heavy atom. The van der Waals surface area contributed by atoms with Crippen molar-refractivity contribution in [3.05, 3.63) is 64.7 Å². The van der Waals surface area contributed by atoms with Crippen molar-refractivity contribution >= 4 is 23.0 Å². The number of aliphatic hydroxyl groups is 1. The smallest absolute Gasteiger partial charge is 0.145 e. The summed E-state index contributed by atoms with van der Waals surface area (Å²) in [5.41, 5.74) is 3.96. The maximum atomic E-state index is 10.6. The molecule has 1 aliphatic heterocycles. The van der Waals surface area contributed by atoms with E-state index in [1.807, 2.05) is 59.1 Å². The Morgan fingerprint density at radius 1 is 1.18 bits per heavy atom. The molecule has 1 N–H and O–H groups in total. The van der Waals surface area contributed by atoms with Gasteiger partial charge in [0, 0.05) is 50.9 Å². The number of oxime groups is 1. The van der Waals surface area contributed by atoms with Gasteiger partial charge in [0.25, 0.3) is 0 Å². The van der Waals surface area contributed by atoms with Crippen molar-refractivity contribution < 1.29 is 14.7 Å². The average Bonchev–Trinajstić information content (AvgIpc) is 3.20. The molecule has 0 radical (unpaired) electrons. The zero-order valence-corrected chi connectivity index (χ0v) is 21.0. The molecule has 7 heteroatoms. The molecular weight excluding hydrogens is 438 g/mol. The third-order valence-corrected chi connectivity index (χ3v) is 5.62. The van der Waals surface area contributed by atoms with E-state index in [1.54, 1.807) is 0 Å². The summed E-state index contributed by atoms with van der Waals surface area (Å²) in [7, 11) is 4.05.